The fraction of sp³-hybridized carbons (Fsp3) is 0.179. The zero-order valence-corrected chi connectivity index (χ0v) is 20.1. The second-order valence-electron chi connectivity index (χ2n) is 9.01. The van der Waals surface area contributed by atoms with Crippen LogP contribution in [0.5, 0.6) is 0 Å². The lowest BCUT2D eigenvalue weighted by Crippen LogP contribution is -2.22. The molecule has 180 valence electrons. The van der Waals surface area contributed by atoms with Crippen molar-refractivity contribution in [3.8, 4) is 0 Å². The van der Waals surface area contributed by atoms with E-state index >= 15 is 0 Å². The summed E-state index contributed by atoms with van der Waals surface area (Å²) in [6.07, 6.45) is 6.70. The van der Waals surface area contributed by atoms with Crippen molar-refractivity contribution in [2.45, 2.75) is 31.9 Å². The van der Waals surface area contributed by atoms with Crippen LogP contribution in [-0.2, 0) is 19.1 Å². The number of nitrogens with one attached hydrogen (secondary N) is 2. The van der Waals surface area contributed by atoms with E-state index in [0.29, 0.717) is 34.7 Å². The molecule has 0 fully saturated rings. The summed E-state index contributed by atoms with van der Waals surface area (Å²) in [7, 11) is 0. The van der Waals surface area contributed by atoms with Crippen molar-refractivity contribution >= 4 is 62.3 Å². The van der Waals surface area contributed by atoms with E-state index < -0.39 is 11.8 Å². The average Bonchev–Trinajstić information content (AvgIpc) is 3.49. The van der Waals surface area contributed by atoms with Crippen molar-refractivity contribution in [2.24, 2.45) is 0 Å². The van der Waals surface area contributed by atoms with E-state index in [0.717, 1.165) is 21.8 Å². The smallest absolute Gasteiger partial charge is 0.303 e. The van der Waals surface area contributed by atoms with Gasteiger partial charge in [-0.05, 0) is 31.1 Å². The highest BCUT2D eigenvalue weighted by Crippen LogP contribution is 2.44. The molecule has 2 N–H and O–H groups in total. The minimum atomic E-state index is -0.473. The number of benzene rings is 2. The summed E-state index contributed by atoms with van der Waals surface area (Å²) in [6.45, 7) is 1.40. The highest BCUT2D eigenvalue weighted by atomic mass is 35.5. The Morgan fingerprint density at radius 1 is 0.972 bits per heavy atom. The number of hydrogen-bond acceptors (Lipinski definition) is 4. The number of esters is 1. The zero-order valence-electron chi connectivity index (χ0n) is 19.4. The summed E-state index contributed by atoms with van der Waals surface area (Å²) in [6, 6.07) is 15.2. The van der Waals surface area contributed by atoms with E-state index in [9.17, 15) is 14.4 Å². The van der Waals surface area contributed by atoms with E-state index in [1.807, 2.05) is 65.3 Å². The number of fused-ring (bicyclic) bond motifs is 2. The number of rotatable bonds is 4. The van der Waals surface area contributed by atoms with Crippen molar-refractivity contribution < 1.29 is 19.1 Å². The minimum absolute atomic E-state index is 0.0970. The number of para-hydroxylation sites is 2. The third-order valence-electron chi connectivity index (χ3n) is 6.83. The van der Waals surface area contributed by atoms with Crippen LogP contribution >= 0.6 is 11.6 Å². The van der Waals surface area contributed by atoms with Gasteiger partial charge in [-0.25, -0.2) is 0 Å². The van der Waals surface area contributed by atoms with Gasteiger partial charge in [0.1, 0.15) is 11.3 Å². The molecule has 2 aromatic heterocycles. The van der Waals surface area contributed by atoms with Gasteiger partial charge in [0.05, 0.1) is 22.7 Å². The number of aromatic amines is 1. The summed E-state index contributed by atoms with van der Waals surface area (Å²) in [4.78, 5) is 40.9. The number of halogens is 1. The number of imide groups is 1. The Labute approximate surface area is 211 Å². The predicted molar refractivity (Wildman–Crippen MR) is 138 cm³/mol. The fourth-order valence-electron chi connectivity index (χ4n) is 5.33. The lowest BCUT2D eigenvalue weighted by molar-refractivity contribution is -0.144. The highest BCUT2D eigenvalue weighted by molar-refractivity contribution is 6.52. The molecule has 0 radical (unpaired) electrons. The quantitative estimate of drug-likeness (QED) is 0.230. The highest BCUT2D eigenvalue weighted by Gasteiger charge is 2.37. The number of carbonyl (C=O) groups excluding carboxylic acids is 3. The summed E-state index contributed by atoms with van der Waals surface area (Å²) >= 11 is 7.05. The number of aromatic nitrogens is 2. The normalized spacial score (nSPS) is 19.9. The van der Waals surface area contributed by atoms with E-state index in [-0.39, 0.29) is 23.7 Å². The largest absolute Gasteiger partial charge is 0.458 e. The summed E-state index contributed by atoms with van der Waals surface area (Å²) < 4.78 is 7.32. The number of allylic oxidation sites excluding steroid dienone is 1. The summed E-state index contributed by atoms with van der Waals surface area (Å²) in [5.74, 6) is -1.24. The minimum Gasteiger partial charge on any atom is -0.458 e. The maximum atomic E-state index is 13.2. The molecule has 36 heavy (non-hydrogen) atoms. The monoisotopic (exact) mass is 499 g/mol. The van der Waals surface area contributed by atoms with Crippen LogP contribution in [0.4, 0.5) is 0 Å². The van der Waals surface area contributed by atoms with Crippen LogP contribution in [0.15, 0.2) is 66.9 Å². The maximum Gasteiger partial charge on any atom is 0.303 e. The fourth-order valence-corrected chi connectivity index (χ4v) is 5.74. The number of ether oxygens (including phenoxy) is 1. The van der Waals surface area contributed by atoms with Crippen LogP contribution in [0.2, 0.25) is 5.15 Å². The number of H-pyrrole nitrogens is 1. The molecule has 1 aliphatic carbocycles. The Hall–Kier alpha value is -4.10. The van der Waals surface area contributed by atoms with Crippen molar-refractivity contribution in [3.63, 3.8) is 0 Å². The third-order valence-corrected chi connectivity index (χ3v) is 7.21. The van der Waals surface area contributed by atoms with Gasteiger partial charge in [-0.15, -0.1) is 0 Å². The molecular weight excluding hydrogens is 478 g/mol. The van der Waals surface area contributed by atoms with Gasteiger partial charge < -0.3 is 14.3 Å². The molecule has 6 rings (SSSR count). The predicted octanol–water partition coefficient (Wildman–Crippen LogP) is 5.17. The van der Waals surface area contributed by atoms with Crippen LogP contribution in [-0.4, -0.2) is 33.4 Å². The van der Waals surface area contributed by atoms with Crippen LogP contribution in [0, 0.1) is 0 Å². The molecule has 2 aromatic carbocycles. The SMILES string of the molecule is CC(=O)O[C@@H]1C=CC(n2c(Cl)c(C3=C(c4c[nH]c5ccccc45)C(=O)NC3=O)c3ccccc32)CC1. The molecule has 0 bridgehead atoms. The Bertz CT molecular complexity index is 1640. The first-order chi connectivity index (χ1) is 17.4. The Balaban J connectivity index is 1.56. The van der Waals surface area contributed by atoms with Crippen LogP contribution in [0.25, 0.3) is 33.0 Å². The average molecular weight is 500 g/mol. The molecule has 1 unspecified atom stereocenters. The third kappa shape index (κ3) is 3.46. The summed E-state index contributed by atoms with van der Waals surface area (Å²) in [5, 5.41) is 4.50. The first-order valence-corrected chi connectivity index (χ1v) is 12.1. The number of nitrogens with zero attached hydrogens (tertiary/aromatic N) is 1. The lowest BCUT2D eigenvalue weighted by Gasteiger charge is -2.25. The van der Waals surface area contributed by atoms with Crippen molar-refractivity contribution in [1.29, 1.82) is 0 Å². The Kier molecular flexibility index (Phi) is 5.30. The van der Waals surface area contributed by atoms with E-state index in [4.69, 9.17) is 16.3 Å². The molecular formula is C28H22ClN3O4. The Morgan fingerprint density at radius 3 is 2.44 bits per heavy atom. The molecule has 4 aromatic rings. The molecule has 7 nitrogen and oxygen atoms in total. The van der Waals surface area contributed by atoms with Gasteiger partial charge in [0.2, 0.25) is 0 Å². The van der Waals surface area contributed by atoms with E-state index in [2.05, 4.69) is 10.3 Å². The van der Waals surface area contributed by atoms with Gasteiger partial charge in [0.25, 0.3) is 11.8 Å². The summed E-state index contributed by atoms with van der Waals surface area (Å²) in [5.41, 5.74) is 3.48. The number of carbonyl (C=O) groups is 3. The van der Waals surface area contributed by atoms with Crippen molar-refractivity contribution in [2.75, 3.05) is 0 Å². The molecule has 8 heteroatoms. The topological polar surface area (TPSA) is 93.2 Å². The first kappa shape index (κ1) is 22.4. The molecule has 1 aliphatic heterocycles. The van der Waals surface area contributed by atoms with Gasteiger partial charge in [0, 0.05) is 40.5 Å². The second-order valence-corrected chi connectivity index (χ2v) is 9.37. The van der Waals surface area contributed by atoms with E-state index in [1.54, 1.807) is 6.20 Å². The number of hydrogen-bond donors (Lipinski definition) is 2. The van der Waals surface area contributed by atoms with Gasteiger partial charge in [-0.1, -0.05) is 54.1 Å². The van der Waals surface area contributed by atoms with Crippen molar-refractivity contribution in [3.05, 3.63) is 83.2 Å². The van der Waals surface area contributed by atoms with Gasteiger partial charge in [-0.2, -0.15) is 0 Å². The standard InChI is InChI=1S/C28H22ClN3O4/c1-15(33)36-17-12-10-16(11-13-17)32-22-9-5-3-7-19(22)23(26(32)29)25-24(27(34)31-28(25)35)20-14-30-21-8-4-2-6-18(20)21/h2-10,12,14,16-17,30H,11,13H2,1H3,(H,31,34,35)/t16?,17-/m1/s1. The van der Waals surface area contributed by atoms with Crippen LogP contribution in [0.3, 0.4) is 0 Å². The maximum absolute atomic E-state index is 13.2. The zero-order chi connectivity index (χ0) is 25.0. The van der Waals surface area contributed by atoms with Crippen LogP contribution in [0.1, 0.15) is 36.9 Å². The molecule has 2 aliphatic rings. The molecule has 0 saturated carbocycles. The van der Waals surface area contributed by atoms with Gasteiger partial charge in [0.15, 0.2) is 0 Å². The second kappa shape index (κ2) is 8.53. The number of amides is 2. The Morgan fingerprint density at radius 2 is 1.69 bits per heavy atom. The lowest BCUT2D eigenvalue weighted by atomic mass is 9.95. The molecule has 2 amide bonds. The molecule has 0 spiro atoms. The van der Waals surface area contributed by atoms with Crippen LogP contribution < -0.4 is 5.32 Å². The van der Waals surface area contributed by atoms with E-state index in [1.165, 1.54) is 6.92 Å². The van der Waals surface area contributed by atoms with Gasteiger partial charge in [-0.3, -0.25) is 19.7 Å². The first-order valence-electron chi connectivity index (χ1n) is 11.7. The molecule has 3 heterocycles. The van der Waals surface area contributed by atoms with Crippen molar-refractivity contribution in [1.82, 2.24) is 14.9 Å². The molecule has 2 atom stereocenters. The molecule has 0 saturated heterocycles. The van der Waals surface area contributed by atoms with Gasteiger partial charge >= 0.3 is 5.97 Å².